The zero-order valence-corrected chi connectivity index (χ0v) is 9.59. The molecule has 2 heterocycles. The Morgan fingerprint density at radius 2 is 2.47 bits per heavy atom. The van der Waals surface area contributed by atoms with Crippen LogP contribution in [0.4, 0.5) is 0 Å². The Morgan fingerprint density at radius 3 is 3.20 bits per heavy atom. The third-order valence-corrected chi connectivity index (χ3v) is 3.85. The first kappa shape index (κ1) is 10.5. The van der Waals surface area contributed by atoms with E-state index in [2.05, 4.69) is 10.3 Å². The van der Waals surface area contributed by atoms with Crippen LogP contribution in [0.1, 0.15) is 19.3 Å². The number of hydrogen-bond acceptors (Lipinski definition) is 3. The van der Waals surface area contributed by atoms with Crippen LogP contribution in [0.15, 0.2) is 17.6 Å². The number of carbonyl (C=O) groups is 1. The van der Waals surface area contributed by atoms with E-state index in [1.165, 1.54) is 0 Å². The number of rotatable bonds is 2. The topological polar surface area (TPSA) is 46.9 Å². The zero-order valence-electron chi connectivity index (χ0n) is 8.77. The van der Waals surface area contributed by atoms with Crippen molar-refractivity contribution in [2.45, 2.75) is 29.7 Å². The Balaban J connectivity index is 2.03. The van der Waals surface area contributed by atoms with Gasteiger partial charge in [-0.15, -0.1) is 0 Å². The Hall–Kier alpha value is -0.970. The molecular formula is C10H15N3OS. The maximum Gasteiger partial charge on any atom is 0.233 e. The van der Waals surface area contributed by atoms with Crippen molar-refractivity contribution < 1.29 is 4.79 Å². The number of imidazole rings is 1. The molecule has 0 aromatic carbocycles. The Labute approximate surface area is 93.5 Å². The number of hydrogen-bond donors (Lipinski definition) is 1. The van der Waals surface area contributed by atoms with Crippen molar-refractivity contribution in [3.63, 3.8) is 0 Å². The molecule has 1 aromatic rings. The maximum absolute atomic E-state index is 11.7. The van der Waals surface area contributed by atoms with Crippen LogP contribution in [0, 0.1) is 0 Å². The molecule has 1 aliphatic heterocycles. The van der Waals surface area contributed by atoms with Gasteiger partial charge in [0.05, 0.1) is 5.25 Å². The first-order valence-electron chi connectivity index (χ1n) is 5.19. The summed E-state index contributed by atoms with van der Waals surface area (Å²) in [7, 11) is 1.95. The van der Waals surface area contributed by atoms with Crippen LogP contribution in [0.25, 0.3) is 0 Å². The number of thioether (sulfide) groups is 1. The molecule has 1 amide bonds. The van der Waals surface area contributed by atoms with Gasteiger partial charge in [-0.1, -0.05) is 18.2 Å². The second-order valence-electron chi connectivity index (χ2n) is 3.71. The highest BCUT2D eigenvalue weighted by Gasteiger charge is 2.22. The quantitative estimate of drug-likeness (QED) is 0.822. The molecule has 1 atom stereocenters. The SMILES string of the molecule is Cn1ccnc1S[C@@H]1CCCCNC1=O. The van der Waals surface area contributed by atoms with Crippen molar-refractivity contribution in [3.8, 4) is 0 Å². The van der Waals surface area contributed by atoms with Gasteiger partial charge in [0, 0.05) is 26.0 Å². The van der Waals surface area contributed by atoms with Crippen LogP contribution in [0.3, 0.4) is 0 Å². The molecule has 0 spiro atoms. The highest BCUT2D eigenvalue weighted by atomic mass is 32.2. The molecular weight excluding hydrogens is 210 g/mol. The van der Waals surface area contributed by atoms with Crippen LogP contribution in [-0.2, 0) is 11.8 Å². The lowest BCUT2D eigenvalue weighted by molar-refractivity contribution is -0.120. The van der Waals surface area contributed by atoms with Crippen LogP contribution >= 0.6 is 11.8 Å². The van der Waals surface area contributed by atoms with Crippen LogP contribution < -0.4 is 5.32 Å². The summed E-state index contributed by atoms with van der Waals surface area (Å²) in [5.41, 5.74) is 0. The smallest absolute Gasteiger partial charge is 0.233 e. The Morgan fingerprint density at radius 1 is 1.60 bits per heavy atom. The van der Waals surface area contributed by atoms with Gasteiger partial charge in [-0.3, -0.25) is 4.79 Å². The lowest BCUT2D eigenvalue weighted by Crippen LogP contribution is -2.30. The van der Waals surface area contributed by atoms with Gasteiger partial charge >= 0.3 is 0 Å². The first-order chi connectivity index (χ1) is 7.27. The van der Waals surface area contributed by atoms with Crippen molar-refractivity contribution >= 4 is 17.7 Å². The largest absolute Gasteiger partial charge is 0.355 e. The average Bonchev–Trinajstić information content (AvgIpc) is 2.50. The summed E-state index contributed by atoms with van der Waals surface area (Å²) in [6, 6.07) is 0. The summed E-state index contributed by atoms with van der Waals surface area (Å²) in [5, 5.41) is 3.87. The summed E-state index contributed by atoms with van der Waals surface area (Å²) >= 11 is 1.56. The van der Waals surface area contributed by atoms with Gasteiger partial charge in [0.2, 0.25) is 5.91 Å². The normalized spacial score (nSPS) is 22.2. The summed E-state index contributed by atoms with van der Waals surface area (Å²) in [6.45, 7) is 0.816. The van der Waals surface area contributed by atoms with Gasteiger partial charge in [0.1, 0.15) is 0 Å². The molecule has 15 heavy (non-hydrogen) atoms. The number of amides is 1. The standard InChI is InChI=1S/C10H15N3OS/c1-13-7-6-12-10(13)15-8-4-2-3-5-11-9(8)14/h6-8H,2-5H2,1H3,(H,11,14)/t8-/m1/s1. The molecule has 5 heteroatoms. The molecule has 0 radical (unpaired) electrons. The molecule has 1 aromatic heterocycles. The van der Waals surface area contributed by atoms with Crippen LogP contribution in [0.5, 0.6) is 0 Å². The molecule has 1 fully saturated rings. The maximum atomic E-state index is 11.7. The van der Waals surface area contributed by atoms with E-state index in [1.807, 2.05) is 17.8 Å². The fraction of sp³-hybridized carbons (Fsp3) is 0.600. The minimum atomic E-state index is 0.0219. The molecule has 1 aliphatic rings. The number of nitrogens with zero attached hydrogens (tertiary/aromatic N) is 2. The third-order valence-electron chi connectivity index (χ3n) is 2.51. The first-order valence-corrected chi connectivity index (χ1v) is 6.07. The van der Waals surface area contributed by atoms with E-state index >= 15 is 0 Å². The molecule has 0 unspecified atom stereocenters. The predicted octanol–water partition coefficient (Wildman–Crippen LogP) is 1.18. The number of carbonyl (C=O) groups excluding carboxylic acids is 1. The van der Waals surface area contributed by atoms with Gasteiger partial charge in [-0.2, -0.15) is 0 Å². The van der Waals surface area contributed by atoms with Crippen molar-refractivity contribution in [2.75, 3.05) is 6.54 Å². The van der Waals surface area contributed by atoms with E-state index in [0.29, 0.717) is 0 Å². The zero-order chi connectivity index (χ0) is 10.7. The Kier molecular flexibility index (Phi) is 3.30. The fourth-order valence-corrected chi connectivity index (χ4v) is 2.69. The molecule has 0 bridgehead atoms. The van der Waals surface area contributed by atoms with Crippen molar-refractivity contribution in [3.05, 3.63) is 12.4 Å². The minimum absolute atomic E-state index is 0.0219. The molecule has 2 rings (SSSR count). The molecule has 4 nitrogen and oxygen atoms in total. The lowest BCUT2D eigenvalue weighted by atomic mass is 10.2. The van der Waals surface area contributed by atoms with E-state index in [1.54, 1.807) is 18.0 Å². The van der Waals surface area contributed by atoms with Crippen molar-refractivity contribution in [2.24, 2.45) is 7.05 Å². The van der Waals surface area contributed by atoms with Crippen molar-refractivity contribution in [1.82, 2.24) is 14.9 Å². The van der Waals surface area contributed by atoms with E-state index < -0.39 is 0 Å². The van der Waals surface area contributed by atoms with E-state index in [0.717, 1.165) is 31.0 Å². The van der Waals surface area contributed by atoms with Crippen molar-refractivity contribution in [1.29, 1.82) is 0 Å². The van der Waals surface area contributed by atoms with Gasteiger partial charge in [0.25, 0.3) is 0 Å². The monoisotopic (exact) mass is 225 g/mol. The van der Waals surface area contributed by atoms with Crippen LogP contribution in [0.2, 0.25) is 0 Å². The summed E-state index contributed by atoms with van der Waals surface area (Å²) in [6.07, 6.45) is 6.81. The predicted molar refractivity (Wildman–Crippen MR) is 59.7 cm³/mol. The second kappa shape index (κ2) is 4.70. The molecule has 1 saturated heterocycles. The van der Waals surface area contributed by atoms with Gasteiger partial charge in [-0.05, 0) is 12.8 Å². The molecule has 82 valence electrons. The highest BCUT2D eigenvalue weighted by Crippen LogP contribution is 2.26. The third kappa shape index (κ3) is 2.53. The molecule has 1 N–H and O–H groups in total. The van der Waals surface area contributed by atoms with E-state index in [4.69, 9.17) is 0 Å². The molecule has 0 saturated carbocycles. The summed E-state index contributed by atoms with van der Waals surface area (Å²) < 4.78 is 1.95. The number of aromatic nitrogens is 2. The van der Waals surface area contributed by atoms with Gasteiger partial charge in [0.15, 0.2) is 5.16 Å². The number of nitrogens with one attached hydrogen (secondary N) is 1. The number of aryl methyl sites for hydroxylation is 1. The molecule has 0 aliphatic carbocycles. The summed E-state index contributed by atoms with van der Waals surface area (Å²) in [5.74, 6) is 0.153. The van der Waals surface area contributed by atoms with E-state index in [9.17, 15) is 4.79 Å². The fourth-order valence-electron chi connectivity index (χ4n) is 1.62. The van der Waals surface area contributed by atoms with Gasteiger partial charge in [-0.25, -0.2) is 4.98 Å². The Bertz CT molecular complexity index is 350. The highest BCUT2D eigenvalue weighted by molar-refractivity contribution is 8.00. The second-order valence-corrected chi connectivity index (χ2v) is 4.88. The van der Waals surface area contributed by atoms with E-state index in [-0.39, 0.29) is 11.2 Å². The summed E-state index contributed by atoms with van der Waals surface area (Å²) in [4.78, 5) is 15.9. The minimum Gasteiger partial charge on any atom is -0.355 e. The average molecular weight is 225 g/mol. The van der Waals surface area contributed by atoms with Crippen LogP contribution in [-0.4, -0.2) is 27.3 Å². The van der Waals surface area contributed by atoms with Gasteiger partial charge < -0.3 is 9.88 Å². The lowest BCUT2D eigenvalue weighted by Gasteiger charge is -2.11.